The van der Waals surface area contributed by atoms with E-state index in [1.165, 1.54) is 6.07 Å². The molecule has 1 aromatic rings. The van der Waals surface area contributed by atoms with Crippen molar-refractivity contribution in [1.29, 1.82) is 0 Å². The number of hydrogen-bond acceptors (Lipinski definition) is 4. The lowest BCUT2D eigenvalue weighted by Crippen LogP contribution is -2.33. The molecule has 5 nitrogen and oxygen atoms in total. The Morgan fingerprint density at radius 3 is 2.81 bits per heavy atom. The second-order valence-electron chi connectivity index (χ2n) is 5.68. The fourth-order valence-corrected chi connectivity index (χ4v) is 2.57. The van der Waals surface area contributed by atoms with Gasteiger partial charge in [0.2, 0.25) is 0 Å². The van der Waals surface area contributed by atoms with Gasteiger partial charge in [-0.15, -0.1) is 0 Å². The van der Waals surface area contributed by atoms with Crippen LogP contribution in [0.1, 0.15) is 41.6 Å². The van der Waals surface area contributed by atoms with Crippen LogP contribution in [0.2, 0.25) is 0 Å². The van der Waals surface area contributed by atoms with E-state index < -0.39 is 0 Å². The smallest absolute Gasteiger partial charge is 0.255 e. The topological polar surface area (TPSA) is 84.6 Å². The molecule has 1 aromatic carbocycles. The minimum atomic E-state index is -0.273. The van der Waals surface area contributed by atoms with Crippen molar-refractivity contribution >= 4 is 5.91 Å². The van der Waals surface area contributed by atoms with Gasteiger partial charge in [-0.05, 0) is 44.7 Å². The van der Waals surface area contributed by atoms with Crippen molar-refractivity contribution in [2.75, 3.05) is 13.2 Å². The van der Waals surface area contributed by atoms with Crippen LogP contribution in [0.5, 0.6) is 5.75 Å². The first kappa shape index (κ1) is 15.8. The van der Waals surface area contributed by atoms with Crippen LogP contribution < -0.4 is 11.1 Å². The van der Waals surface area contributed by atoms with Crippen LogP contribution in [-0.4, -0.2) is 36.3 Å². The third-order valence-corrected chi connectivity index (χ3v) is 3.86. The largest absolute Gasteiger partial charge is 0.507 e. The molecule has 21 heavy (non-hydrogen) atoms. The maximum absolute atomic E-state index is 12.0. The van der Waals surface area contributed by atoms with E-state index >= 15 is 0 Å². The molecule has 0 radical (unpaired) electrons. The summed E-state index contributed by atoms with van der Waals surface area (Å²) in [5.74, 6) is -0.272. The Morgan fingerprint density at radius 1 is 1.38 bits per heavy atom. The van der Waals surface area contributed by atoms with Gasteiger partial charge in [0.25, 0.3) is 5.91 Å². The van der Waals surface area contributed by atoms with Gasteiger partial charge in [0.05, 0.1) is 18.3 Å². The zero-order chi connectivity index (χ0) is 15.2. The van der Waals surface area contributed by atoms with E-state index in [1.807, 2.05) is 6.92 Å². The Balaban J connectivity index is 1.71. The lowest BCUT2D eigenvalue weighted by molar-refractivity contribution is 0.0267. The highest BCUT2D eigenvalue weighted by Gasteiger charge is 2.18. The molecule has 1 amide bonds. The summed E-state index contributed by atoms with van der Waals surface area (Å²) < 4.78 is 5.74. The minimum Gasteiger partial charge on any atom is -0.507 e. The molecule has 0 atom stereocenters. The molecular weight excluding hydrogens is 268 g/mol. The van der Waals surface area contributed by atoms with Crippen LogP contribution in [0.3, 0.4) is 0 Å². The number of rotatable bonds is 5. The van der Waals surface area contributed by atoms with E-state index in [9.17, 15) is 9.90 Å². The fraction of sp³-hybridized carbons (Fsp3) is 0.562. The van der Waals surface area contributed by atoms with Gasteiger partial charge in [-0.1, -0.05) is 11.6 Å². The zero-order valence-electron chi connectivity index (χ0n) is 12.5. The molecule has 1 aliphatic rings. The van der Waals surface area contributed by atoms with Crippen LogP contribution in [0, 0.1) is 6.92 Å². The number of hydrogen-bond donors (Lipinski definition) is 3. The number of benzene rings is 1. The number of ether oxygens (including phenoxy) is 1. The Bertz CT molecular complexity index is 482. The highest BCUT2D eigenvalue weighted by Crippen LogP contribution is 2.20. The van der Waals surface area contributed by atoms with E-state index in [0.29, 0.717) is 24.8 Å². The molecule has 0 spiro atoms. The first-order valence-corrected chi connectivity index (χ1v) is 7.51. The molecule has 0 unspecified atom stereocenters. The highest BCUT2D eigenvalue weighted by molar-refractivity contribution is 5.96. The van der Waals surface area contributed by atoms with Crippen molar-refractivity contribution in [1.82, 2.24) is 5.32 Å². The summed E-state index contributed by atoms with van der Waals surface area (Å²) in [7, 11) is 0. The second kappa shape index (κ2) is 7.43. The predicted octanol–water partition coefficient (Wildman–Crippen LogP) is 1.72. The number of nitrogens with two attached hydrogens (primary N) is 1. The highest BCUT2D eigenvalue weighted by atomic mass is 16.5. The summed E-state index contributed by atoms with van der Waals surface area (Å²) in [6.45, 7) is 2.81. The minimum absolute atomic E-state index is 0.000265. The first-order chi connectivity index (χ1) is 10.1. The maximum atomic E-state index is 12.0. The molecule has 0 aromatic heterocycles. The second-order valence-corrected chi connectivity index (χ2v) is 5.68. The van der Waals surface area contributed by atoms with E-state index in [2.05, 4.69) is 5.32 Å². The molecule has 1 fully saturated rings. The van der Waals surface area contributed by atoms with Gasteiger partial charge < -0.3 is 20.9 Å². The average molecular weight is 292 g/mol. The Kier molecular flexibility index (Phi) is 5.59. The van der Waals surface area contributed by atoms with E-state index in [0.717, 1.165) is 31.2 Å². The molecular formula is C16H24N2O3. The van der Waals surface area contributed by atoms with Crippen molar-refractivity contribution in [2.24, 2.45) is 5.73 Å². The first-order valence-electron chi connectivity index (χ1n) is 7.51. The zero-order valence-corrected chi connectivity index (χ0v) is 12.5. The van der Waals surface area contributed by atoms with Gasteiger partial charge in [0.15, 0.2) is 0 Å². The summed E-state index contributed by atoms with van der Waals surface area (Å²) in [4.78, 5) is 12.0. The van der Waals surface area contributed by atoms with Crippen LogP contribution in [0.25, 0.3) is 0 Å². The number of nitrogens with one attached hydrogen (secondary N) is 1. The van der Waals surface area contributed by atoms with Crippen molar-refractivity contribution in [3.8, 4) is 5.75 Å². The molecule has 5 heteroatoms. The lowest BCUT2D eigenvalue weighted by atomic mass is 9.94. The molecule has 1 aliphatic carbocycles. The lowest BCUT2D eigenvalue weighted by Gasteiger charge is -2.26. The summed E-state index contributed by atoms with van der Waals surface area (Å²) in [6, 6.07) is 5.29. The molecule has 0 aliphatic heterocycles. The molecule has 0 heterocycles. The van der Waals surface area contributed by atoms with Crippen LogP contribution in [0.4, 0.5) is 0 Å². The maximum Gasteiger partial charge on any atom is 0.255 e. The van der Waals surface area contributed by atoms with Gasteiger partial charge >= 0.3 is 0 Å². The van der Waals surface area contributed by atoms with Crippen molar-refractivity contribution in [2.45, 2.75) is 44.8 Å². The number of phenols is 1. The predicted molar refractivity (Wildman–Crippen MR) is 81.4 cm³/mol. The van der Waals surface area contributed by atoms with Gasteiger partial charge in [-0.2, -0.15) is 0 Å². The van der Waals surface area contributed by atoms with Crippen LogP contribution in [0.15, 0.2) is 18.2 Å². The SMILES string of the molecule is Cc1ccc(O)c(C(=O)NCCOC2CCC(N)CC2)c1. The monoisotopic (exact) mass is 292 g/mol. The Morgan fingerprint density at radius 2 is 2.10 bits per heavy atom. The summed E-state index contributed by atoms with van der Waals surface area (Å²) in [5, 5.41) is 12.5. The van der Waals surface area contributed by atoms with Crippen molar-refractivity contribution in [3.63, 3.8) is 0 Å². The summed E-state index contributed by atoms with van der Waals surface area (Å²) in [5.41, 5.74) is 7.09. The molecule has 116 valence electrons. The normalized spacial score (nSPS) is 22.0. The standard InChI is InChI=1S/C16H24N2O3/c1-11-2-7-15(19)14(10-11)16(20)18-8-9-21-13-5-3-12(17)4-6-13/h2,7,10,12-13,19H,3-6,8-9,17H2,1H3,(H,18,20). The van der Waals surface area contributed by atoms with Gasteiger partial charge in [0, 0.05) is 12.6 Å². The number of carbonyl (C=O) groups is 1. The Labute approximate surface area is 125 Å². The average Bonchev–Trinajstić information content (AvgIpc) is 2.47. The van der Waals surface area contributed by atoms with Crippen molar-refractivity contribution in [3.05, 3.63) is 29.3 Å². The van der Waals surface area contributed by atoms with Crippen molar-refractivity contribution < 1.29 is 14.6 Å². The van der Waals surface area contributed by atoms with E-state index in [1.54, 1.807) is 12.1 Å². The third-order valence-electron chi connectivity index (χ3n) is 3.86. The van der Waals surface area contributed by atoms with Crippen LogP contribution >= 0.6 is 0 Å². The molecule has 0 saturated heterocycles. The van der Waals surface area contributed by atoms with Crippen LogP contribution in [-0.2, 0) is 4.74 Å². The molecule has 2 rings (SSSR count). The summed E-state index contributed by atoms with van der Waals surface area (Å²) >= 11 is 0. The molecule has 4 N–H and O–H groups in total. The number of amides is 1. The van der Waals surface area contributed by atoms with Gasteiger partial charge in [-0.25, -0.2) is 0 Å². The van der Waals surface area contributed by atoms with E-state index in [4.69, 9.17) is 10.5 Å². The van der Waals surface area contributed by atoms with E-state index in [-0.39, 0.29) is 17.8 Å². The Hall–Kier alpha value is -1.59. The molecule has 0 bridgehead atoms. The number of phenolic OH excluding ortho intramolecular Hbond substituents is 1. The van der Waals surface area contributed by atoms with Gasteiger partial charge in [0.1, 0.15) is 5.75 Å². The molecule has 1 saturated carbocycles. The number of aromatic hydroxyl groups is 1. The quantitative estimate of drug-likeness (QED) is 0.721. The summed E-state index contributed by atoms with van der Waals surface area (Å²) in [6.07, 6.45) is 4.26. The number of carbonyl (C=O) groups excluding carboxylic acids is 1. The fourth-order valence-electron chi connectivity index (χ4n) is 2.57. The number of aryl methyl sites for hydroxylation is 1. The van der Waals surface area contributed by atoms with Gasteiger partial charge in [-0.3, -0.25) is 4.79 Å². The third kappa shape index (κ3) is 4.72.